The zero-order valence-corrected chi connectivity index (χ0v) is 14.5. The predicted molar refractivity (Wildman–Crippen MR) is 87.3 cm³/mol. The molecule has 22 heavy (non-hydrogen) atoms. The van der Waals surface area contributed by atoms with Gasteiger partial charge in [0.25, 0.3) is 0 Å². The summed E-state index contributed by atoms with van der Waals surface area (Å²) in [5.41, 5.74) is 0.374. The highest BCUT2D eigenvalue weighted by molar-refractivity contribution is 5.90. The van der Waals surface area contributed by atoms with Crippen LogP contribution in [0.3, 0.4) is 0 Å². The first-order chi connectivity index (χ1) is 10.4. The minimum Gasteiger partial charge on any atom is -0.396 e. The molecule has 0 saturated heterocycles. The molecule has 7 atom stereocenters. The second-order valence-corrected chi connectivity index (χ2v) is 9.67. The van der Waals surface area contributed by atoms with Crippen LogP contribution in [0.1, 0.15) is 72.1 Å². The van der Waals surface area contributed by atoms with Crippen molar-refractivity contribution < 1.29 is 9.90 Å². The zero-order chi connectivity index (χ0) is 15.8. The molecule has 0 amide bonds. The van der Waals surface area contributed by atoms with E-state index in [0.717, 1.165) is 19.3 Å². The van der Waals surface area contributed by atoms with Crippen molar-refractivity contribution in [3.05, 3.63) is 0 Å². The van der Waals surface area contributed by atoms with Gasteiger partial charge in [-0.1, -0.05) is 27.2 Å². The molecule has 2 bridgehead atoms. The van der Waals surface area contributed by atoms with Crippen molar-refractivity contribution >= 4 is 5.78 Å². The van der Waals surface area contributed by atoms with Crippen molar-refractivity contribution in [2.45, 2.75) is 72.1 Å². The van der Waals surface area contributed by atoms with Gasteiger partial charge in [-0.3, -0.25) is 4.79 Å². The van der Waals surface area contributed by atoms with E-state index in [2.05, 4.69) is 20.8 Å². The number of hydrogen-bond acceptors (Lipinski definition) is 2. The normalized spacial score (nSPS) is 57.4. The predicted octanol–water partition coefficient (Wildman–Crippen LogP) is 4.21. The van der Waals surface area contributed by atoms with Crippen molar-refractivity contribution in [3.63, 3.8) is 0 Å². The number of rotatable bonds is 1. The van der Waals surface area contributed by atoms with Crippen molar-refractivity contribution in [2.24, 2.45) is 39.9 Å². The summed E-state index contributed by atoms with van der Waals surface area (Å²) in [7, 11) is 0. The molecule has 1 N–H and O–H groups in total. The fourth-order valence-electron chi connectivity index (χ4n) is 7.80. The maximum Gasteiger partial charge on any atom is 0.142 e. The van der Waals surface area contributed by atoms with Crippen molar-refractivity contribution in [3.8, 4) is 0 Å². The molecule has 0 radical (unpaired) electrons. The van der Waals surface area contributed by atoms with Crippen molar-refractivity contribution in [1.82, 2.24) is 0 Å². The van der Waals surface area contributed by atoms with Gasteiger partial charge in [-0.2, -0.15) is 0 Å². The Bertz CT molecular complexity index is 500. The quantitative estimate of drug-likeness (QED) is 0.788. The molecular weight excluding hydrogens is 272 g/mol. The lowest BCUT2D eigenvalue weighted by atomic mass is 9.41. The Hall–Kier alpha value is -0.370. The van der Waals surface area contributed by atoms with Crippen LogP contribution in [0.15, 0.2) is 0 Å². The van der Waals surface area contributed by atoms with Gasteiger partial charge in [0.15, 0.2) is 0 Å². The Morgan fingerprint density at radius 1 is 1.09 bits per heavy atom. The average Bonchev–Trinajstić information content (AvgIpc) is 2.68. The second kappa shape index (κ2) is 4.59. The number of Topliss-reactive ketones (excluding diaryl/α,β-unsaturated/α-hetero) is 1. The SMILES string of the molecule is C[C@H]1C(=O)[C@]23CC[C@@H]4C(C)(CCC[C@]4(C)CO)[C@H]2CC[C@H]1C3. The van der Waals surface area contributed by atoms with E-state index < -0.39 is 0 Å². The number of aliphatic hydroxyl groups is 1. The molecule has 0 heterocycles. The van der Waals surface area contributed by atoms with Gasteiger partial charge in [0, 0.05) is 17.9 Å². The van der Waals surface area contributed by atoms with Crippen LogP contribution in [0.25, 0.3) is 0 Å². The molecule has 4 rings (SSSR count). The second-order valence-electron chi connectivity index (χ2n) is 9.67. The van der Waals surface area contributed by atoms with Gasteiger partial charge in [0.2, 0.25) is 0 Å². The number of carbonyl (C=O) groups excluding carboxylic acids is 1. The van der Waals surface area contributed by atoms with Crippen LogP contribution in [0.5, 0.6) is 0 Å². The van der Waals surface area contributed by atoms with E-state index in [1.807, 2.05) is 0 Å². The van der Waals surface area contributed by atoms with Crippen molar-refractivity contribution in [2.75, 3.05) is 6.61 Å². The molecular formula is C20H32O2. The van der Waals surface area contributed by atoms with Gasteiger partial charge in [0.05, 0.1) is 0 Å². The van der Waals surface area contributed by atoms with Gasteiger partial charge >= 0.3 is 0 Å². The number of ketones is 1. The average molecular weight is 304 g/mol. The summed E-state index contributed by atoms with van der Waals surface area (Å²) < 4.78 is 0. The molecule has 4 saturated carbocycles. The molecule has 4 fully saturated rings. The van der Waals surface area contributed by atoms with Crippen LogP contribution in [0.2, 0.25) is 0 Å². The highest BCUT2D eigenvalue weighted by Crippen LogP contribution is 2.71. The number of hydrogen-bond donors (Lipinski definition) is 1. The highest BCUT2D eigenvalue weighted by Gasteiger charge is 2.67. The Morgan fingerprint density at radius 3 is 2.59 bits per heavy atom. The number of fused-ring (bicyclic) bond motifs is 3. The van der Waals surface area contributed by atoms with Crippen LogP contribution in [-0.2, 0) is 4.79 Å². The molecule has 0 aliphatic heterocycles. The largest absolute Gasteiger partial charge is 0.396 e. The maximum atomic E-state index is 13.1. The summed E-state index contributed by atoms with van der Waals surface area (Å²) in [4.78, 5) is 13.1. The fourth-order valence-corrected chi connectivity index (χ4v) is 7.80. The van der Waals surface area contributed by atoms with E-state index in [1.165, 1.54) is 32.1 Å². The number of aliphatic hydroxyl groups excluding tert-OH is 1. The van der Waals surface area contributed by atoms with E-state index in [9.17, 15) is 9.90 Å². The smallest absolute Gasteiger partial charge is 0.142 e. The van der Waals surface area contributed by atoms with E-state index in [1.54, 1.807) is 0 Å². The lowest BCUT2D eigenvalue weighted by Gasteiger charge is -2.63. The van der Waals surface area contributed by atoms with E-state index >= 15 is 0 Å². The van der Waals surface area contributed by atoms with E-state index in [0.29, 0.717) is 36.1 Å². The first-order valence-corrected chi connectivity index (χ1v) is 9.53. The summed E-state index contributed by atoms with van der Waals surface area (Å²) in [5.74, 6) is 2.76. The minimum atomic E-state index is 0.0152. The zero-order valence-electron chi connectivity index (χ0n) is 14.5. The summed E-state index contributed by atoms with van der Waals surface area (Å²) in [6, 6.07) is 0. The van der Waals surface area contributed by atoms with Gasteiger partial charge in [-0.25, -0.2) is 0 Å². The molecule has 2 nitrogen and oxygen atoms in total. The van der Waals surface area contributed by atoms with Gasteiger partial charge in [-0.15, -0.1) is 0 Å². The lowest BCUT2D eigenvalue weighted by Crippen LogP contribution is -2.58. The molecule has 124 valence electrons. The molecule has 4 aliphatic rings. The molecule has 2 heteroatoms. The monoisotopic (exact) mass is 304 g/mol. The Labute approximate surface area is 135 Å². The first-order valence-electron chi connectivity index (χ1n) is 9.53. The van der Waals surface area contributed by atoms with Crippen LogP contribution in [0.4, 0.5) is 0 Å². The van der Waals surface area contributed by atoms with E-state index in [-0.39, 0.29) is 16.2 Å². The van der Waals surface area contributed by atoms with Crippen LogP contribution < -0.4 is 0 Å². The van der Waals surface area contributed by atoms with Gasteiger partial charge < -0.3 is 5.11 Å². The maximum absolute atomic E-state index is 13.1. The molecule has 1 spiro atoms. The molecule has 0 aromatic carbocycles. The topological polar surface area (TPSA) is 37.3 Å². The summed E-state index contributed by atoms with van der Waals surface area (Å²) in [6.45, 7) is 7.29. The number of carbonyl (C=O) groups is 1. The third kappa shape index (κ3) is 1.63. The molecule has 0 aromatic rings. The first kappa shape index (κ1) is 15.2. The molecule has 0 aromatic heterocycles. The standard InChI is InChI=1S/C20H32O2/c1-13-14-5-6-16-19(3)9-4-8-18(2,12-21)15(19)7-10-20(16,11-14)17(13)22/h13-16,21H,4-12H2,1-3H3/t13-,14+,15+,16-,18-,19?,20+/m1/s1. The molecule has 4 aliphatic carbocycles. The van der Waals surface area contributed by atoms with E-state index in [4.69, 9.17) is 0 Å². The van der Waals surface area contributed by atoms with Crippen LogP contribution in [0, 0.1) is 39.9 Å². The third-order valence-corrected chi connectivity index (χ3v) is 8.87. The minimum absolute atomic E-state index is 0.0152. The fraction of sp³-hybridized carbons (Fsp3) is 0.950. The molecule has 1 unspecified atom stereocenters. The summed E-state index contributed by atoms with van der Waals surface area (Å²) in [5, 5.41) is 10.1. The highest BCUT2D eigenvalue weighted by atomic mass is 16.3. The van der Waals surface area contributed by atoms with Crippen molar-refractivity contribution in [1.29, 1.82) is 0 Å². The van der Waals surface area contributed by atoms with Gasteiger partial charge in [-0.05, 0) is 73.5 Å². The Balaban J connectivity index is 1.76. The Kier molecular flexibility index (Phi) is 3.16. The Morgan fingerprint density at radius 2 is 1.86 bits per heavy atom. The summed E-state index contributed by atoms with van der Waals surface area (Å²) in [6.07, 6.45) is 9.62. The lowest BCUT2D eigenvalue weighted by molar-refractivity contribution is -0.169. The van der Waals surface area contributed by atoms with Gasteiger partial charge in [0.1, 0.15) is 5.78 Å². The third-order valence-electron chi connectivity index (χ3n) is 8.87. The van der Waals surface area contributed by atoms with Crippen LogP contribution >= 0.6 is 0 Å². The summed E-state index contributed by atoms with van der Waals surface area (Å²) >= 11 is 0. The van der Waals surface area contributed by atoms with Crippen LogP contribution in [-0.4, -0.2) is 17.5 Å².